The van der Waals surface area contributed by atoms with E-state index in [4.69, 9.17) is 11.6 Å². The van der Waals surface area contributed by atoms with Crippen molar-refractivity contribution in [3.05, 3.63) is 57.9 Å². The number of fused-ring (bicyclic) bond motifs is 1. The molecule has 1 aromatic heterocycles. The zero-order valence-corrected chi connectivity index (χ0v) is 16.4. The van der Waals surface area contributed by atoms with Gasteiger partial charge in [-0.1, -0.05) is 56.5 Å². The summed E-state index contributed by atoms with van der Waals surface area (Å²) in [7, 11) is 0. The molecule has 3 rings (SSSR count). The molecule has 1 unspecified atom stereocenters. The first-order chi connectivity index (χ1) is 13.1. The van der Waals surface area contributed by atoms with E-state index in [1.165, 1.54) is 4.68 Å². The van der Waals surface area contributed by atoms with Gasteiger partial charge >= 0.3 is 0 Å². The van der Waals surface area contributed by atoms with Gasteiger partial charge in [0.25, 0.3) is 0 Å². The van der Waals surface area contributed by atoms with E-state index in [1.807, 2.05) is 24.3 Å². The van der Waals surface area contributed by atoms with Gasteiger partial charge in [0, 0.05) is 22.7 Å². The molecule has 0 saturated heterocycles. The van der Waals surface area contributed by atoms with Gasteiger partial charge in [-0.15, -0.1) is 0 Å². The van der Waals surface area contributed by atoms with E-state index >= 15 is 0 Å². The summed E-state index contributed by atoms with van der Waals surface area (Å²) in [4.78, 5) is 12.6. The topological polar surface area (TPSA) is 70.7 Å². The Morgan fingerprint density at radius 1 is 1.30 bits per heavy atom. The second kappa shape index (κ2) is 8.41. The normalized spacial score (nSPS) is 15.9. The Hall–Kier alpha value is -2.58. The van der Waals surface area contributed by atoms with Crippen LogP contribution in [0.4, 0.5) is 5.82 Å². The number of benzene rings is 1. The molecule has 27 heavy (non-hydrogen) atoms. The largest absolute Gasteiger partial charge is 0.342 e. The SMILES string of the molecule is CCCCC(=O)n1ncc2c1NC(CCC)=C(C#N)C2c1ccccc1Cl. The third kappa shape index (κ3) is 3.63. The molecule has 6 heteroatoms. The molecule has 0 spiro atoms. The molecule has 1 aliphatic heterocycles. The summed E-state index contributed by atoms with van der Waals surface area (Å²) in [6.45, 7) is 4.12. The van der Waals surface area contributed by atoms with Crippen LogP contribution in [0, 0.1) is 11.3 Å². The van der Waals surface area contributed by atoms with Crippen LogP contribution < -0.4 is 5.32 Å². The predicted molar refractivity (Wildman–Crippen MR) is 107 cm³/mol. The second-order valence-electron chi connectivity index (χ2n) is 6.69. The number of nitrogens with zero attached hydrogens (tertiary/aromatic N) is 3. The zero-order chi connectivity index (χ0) is 19.4. The quantitative estimate of drug-likeness (QED) is 0.715. The smallest absolute Gasteiger partial charge is 0.248 e. The average molecular weight is 383 g/mol. The summed E-state index contributed by atoms with van der Waals surface area (Å²) >= 11 is 6.46. The lowest BCUT2D eigenvalue weighted by Gasteiger charge is -2.27. The molecule has 1 aromatic carbocycles. The van der Waals surface area contributed by atoms with Gasteiger partial charge in [-0.3, -0.25) is 4.79 Å². The first-order valence-corrected chi connectivity index (χ1v) is 9.75. The van der Waals surface area contributed by atoms with Crippen molar-refractivity contribution >= 4 is 23.3 Å². The number of halogens is 1. The first-order valence-electron chi connectivity index (χ1n) is 9.38. The number of carbonyl (C=O) groups excluding carboxylic acids is 1. The lowest BCUT2D eigenvalue weighted by Crippen LogP contribution is -2.22. The molecular formula is C21H23ClN4O. The number of anilines is 1. The van der Waals surface area contributed by atoms with Crippen LogP contribution in [0.5, 0.6) is 0 Å². The van der Waals surface area contributed by atoms with E-state index in [-0.39, 0.29) is 11.8 Å². The molecule has 5 nitrogen and oxygen atoms in total. The van der Waals surface area contributed by atoms with Gasteiger partial charge in [-0.05, 0) is 24.5 Å². The molecule has 0 bridgehead atoms. The summed E-state index contributed by atoms with van der Waals surface area (Å²) < 4.78 is 1.44. The molecule has 1 aliphatic rings. The minimum atomic E-state index is -0.325. The van der Waals surface area contributed by atoms with Gasteiger partial charge in [0.1, 0.15) is 5.82 Å². The monoisotopic (exact) mass is 382 g/mol. The molecule has 0 radical (unpaired) electrons. The fourth-order valence-corrected chi connectivity index (χ4v) is 3.72. The van der Waals surface area contributed by atoms with Gasteiger partial charge in [-0.25, -0.2) is 0 Å². The van der Waals surface area contributed by atoms with E-state index in [0.717, 1.165) is 42.5 Å². The van der Waals surface area contributed by atoms with Gasteiger partial charge in [0.15, 0.2) is 0 Å². The van der Waals surface area contributed by atoms with Gasteiger partial charge < -0.3 is 5.32 Å². The van der Waals surface area contributed by atoms with Gasteiger partial charge in [0.05, 0.1) is 23.8 Å². The number of unbranched alkanes of at least 4 members (excludes halogenated alkanes) is 1. The number of nitrogens with one attached hydrogen (secondary N) is 1. The maximum absolute atomic E-state index is 12.6. The fourth-order valence-electron chi connectivity index (χ4n) is 3.47. The number of nitriles is 1. The van der Waals surface area contributed by atoms with Crippen LogP contribution in [-0.4, -0.2) is 15.7 Å². The highest BCUT2D eigenvalue weighted by molar-refractivity contribution is 6.31. The van der Waals surface area contributed by atoms with E-state index in [1.54, 1.807) is 6.20 Å². The summed E-state index contributed by atoms with van der Waals surface area (Å²) in [5, 5.41) is 18.1. The maximum atomic E-state index is 12.6. The Morgan fingerprint density at radius 3 is 2.74 bits per heavy atom. The molecule has 2 heterocycles. The Labute approximate surface area is 164 Å². The van der Waals surface area contributed by atoms with Crippen LogP contribution in [0.1, 0.15) is 67.8 Å². The second-order valence-corrected chi connectivity index (χ2v) is 7.10. The lowest BCUT2D eigenvalue weighted by atomic mass is 9.82. The van der Waals surface area contributed by atoms with Crippen LogP contribution in [0.25, 0.3) is 0 Å². The fraction of sp³-hybridized carbons (Fsp3) is 0.381. The highest BCUT2D eigenvalue weighted by atomic mass is 35.5. The molecule has 0 fully saturated rings. The molecule has 140 valence electrons. The van der Waals surface area contributed by atoms with Crippen molar-refractivity contribution in [3.63, 3.8) is 0 Å². The van der Waals surface area contributed by atoms with Crippen molar-refractivity contribution in [2.75, 3.05) is 5.32 Å². The van der Waals surface area contributed by atoms with Crippen molar-refractivity contribution in [2.24, 2.45) is 0 Å². The van der Waals surface area contributed by atoms with Crippen molar-refractivity contribution in [1.82, 2.24) is 9.78 Å². The summed E-state index contributed by atoms with van der Waals surface area (Å²) in [5.41, 5.74) is 3.14. The van der Waals surface area contributed by atoms with Crippen molar-refractivity contribution in [3.8, 4) is 6.07 Å². The Bertz CT molecular complexity index is 923. The average Bonchev–Trinajstić information content (AvgIpc) is 3.09. The first kappa shape index (κ1) is 19.2. The highest BCUT2D eigenvalue weighted by Gasteiger charge is 2.34. The van der Waals surface area contributed by atoms with Crippen LogP contribution >= 0.6 is 11.6 Å². The molecule has 0 amide bonds. The molecule has 0 aliphatic carbocycles. The van der Waals surface area contributed by atoms with E-state index < -0.39 is 0 Å². The summed E-state index contributed by atoms with van der Waals surface area (Å²) in [6, 6.07) is 9.90. The lowest BCUT2D eigenvalue weighted by molar-refractivity contribution is 0.0886. The number of hydrogen-bond donors (Lipinski definition) is 1. The Balaban J connectivity index is 2.15. The van der Waals surface area contributed by atoms with Crippen molar-refractivity contribution in [2.45, 2.75) is 51.9 Å². The number of aromatic nitrogens is 2. The van der Waals surface area contributed by atoms with E-state index in [2.05, 4.69) is 30.3 Å². The van der Waals surface area contributed by atoms with Crippen LogP contribution in [-0.2, 0) is 0 Å². The van der Waals surface area contributed by atoms with Gasteiger partial charge in [0.2, 0.25) is 5.91 Å². The minimum absolute atomic E-state index is 0.0419. The highest BCUT2D eigenvalue weighted by Crippen LogP contribution is 2.44. The van der Waals surface area contributed by atoms with Gasteiger partial charge in [-0.2, -0.15) is 15.0 Å². The maximum Gasteiger partial charge on any atom is 0.248 e. The standard InChI is InChI=1S/C21H23ClN4O/c1-3-5-11-19(27)26-21-16(13-24-26)20(14-9-6-7-10-17(14)22)15(12-23)18(25-21)8-4-2/h6-7,9-10,13,20,25H,3-5,8,11H2,1-2H3. The van der Waals surface area contributed by atoms with Crippen molar-refractivity contribution < 1.29 is 4.79 Å². The molecular weight excluding hydrogens is 360 g/mol. The number of hydrogen-bond acceptors (Lipinski definition) is 4. The van der Waals surface area contributed by atoms with E-state index in [9.17, 15) is 10.1 Å². The van der Waals surface area contributed by atoms with Crippen LogP contribution in [0.2, 0.25) is 5.02 Å². The third-order valence-electron chi connectivity index (χ3n) is 4.81. The molecule has 2 aromatic rings. The zero-order valence-electron chi connectivity index (χ0n) is 15.6. The Kier molecular flexibility index (Phi) is 5.98. The number of rotatable bonds is 6. The summed E-state index contributed by atoms with van der Waals surface area (Å²) in [6.07, 6.45) is 5.50. The van der Waals surface area contributed by atoms with Crippen molar-refractivity contribution in [1.29, 1.82) is 5.26 Å². The third-order valence-corrected chi connectivity index (χ3v) is 5.15. The molecule has 0 saturated carbocycles. The minimum Gasteiger partial charge on any atom is -0.342 e. The molecule has 1 atom stereocenters. The summed E-state index contributed by atoms with van der Waals surface area (Å²) in [5.74, 6) is 0.289. The van der Waals surface area contributed by atoms with Crippen LogP contribution in [0.15, 0.2) is 41.7 Å². The van der Waals surface area contributed by atoms with Crippen LogP contribution in [0.3, 0.4) is 0 Å². The number of carbonyl (C=O) groups is 1. The van der Waals surface area contributed by atoms with E-state index in [0.29, 0.717) is 22.8 Å². The number of allylic oxidation sites excluding steroid dienone is 2. The Morgan fingerprint density at radius 2 is 2.07 bits per heavy atom. The predicted octanol–water partition coefficient (Wildman–Crippen LogP) is 5.50. The molecule has 1 N–H and O–H groups in total.